The maximum atomic E-state index is 12.6. The number of halogens is 3. The zero-order chi connectivity index (χ0) is 21.3. The first-order chi connectivity index (χ1) is 14.3. The van der Waals surface area contributed by atoms with Crippen molar-refractivity contribution < 1.29 is 18.0 Å². The van der Waals surface area contributed by atoms with Crippen LogP contribution in [-0.4, -0.2) is 15.4 Å². The number of nitrogen functional groups attached to an aromatic ring is 1. The molecule has 0 radical (unpaired) electrons. The number of pyridine rings is 1. The number of carbonyl (C=O) groups excluding carboxylic acids is 1. The fourth-order valence-electron chi connectivity index (χ4n) is 3.05. The highest BCUT2D eigenvalue weighted by atomic mass is 19.4. The number of carbonyl (C=O) groups is 1. The van der Waals surface area contributed by atoms with E-state index in [9.17, 15) is 18.0 Å². The standard InChI is InChI=1S/C21H16F3N5O/c22-21(23,24)14-5-9-16(10-6-14)28-20(30)27-15-7-3-13(4-8-15)17-2-1-11-29-18(17)12-26-19(29)25/h1-12H,(H2,25,26)(H2,27,28,30). The molecule has 4 N–H and O–H groups in total. The third-order valence-corrected chi connectivity index (χ3v) is 4.52. The molecule has 152 valence electrons. The van der Waals surface area contributed by atoms with Gasteiger partial charge in [0, 0.05) is 23.1 Å². The molecule has 4 rings (SSSR count). The number of urea groups is 1. The number of alkyl halides is 3. The van der Waals surface area contributed by atoms with Crippen molar-refractivity contribution in [1.82, 2.24) is 9.38 Å². The van der Waals surface area contributed by atoms with Crippen molar-refractivity contribution in [1.29, 1.82) is 0 Å². The second-order valence-corrected chi connectivity index (χ2v) is 6.53. The maximum absolute atomic E-state index is 12.6. The minimum absolute atomic E-state index is 0.252. The van der Waals surface area contributed by atoms with Gasteiger partial charge in [0.15, 0.2) is 0 Å². The number of nitrogens with one attached hydrogen (secondary N) is 2. The lowest BCUT2D eigenvalue weighted by Crippen LogP contribution is -2.19. The van der Waals surface area contributed by atoms with Crippen LogP contribution in [0.25, 0.3) is 16.6 Å². The number of imidazole rings is 1. The minimum atomic E-state index is -4.42. The molecule has 2 heterocycles. The number of anilines is 3. The molecule has 0 unspecified atom stereocenters. The summed E-state index contributed by atoms with van der Waals surface area (Å²) in [5, 5.41) is 5.14. The van der Waals surface area contributed by atoms with Crippen molar-refractivity contribution in [2.45, 2.75) is 6.18 Å². The number of hydrogen-bond acceptors (Lipinski definition) is 3. The molecule has 0 aliphatic rings. The summed E-state index contributed by atoms with van der Waals surface area (Å²) >= 11 is 0. The molecule has 2 aromatic carbocycles. The zero-order valence-electron chi connectivity index (χ0n) is 15.4. The Bertz CT molecular complexity index is 1200. The first-order valence-corrected chi connectivity index (χ1v) is 8.88. The smallest absolute Gasteiger partial charge is 0.369 e. The van der Waals surface area contributed by atoms with Crippen molar-refractivity contribution in [3.05, 3.63) is 78.6 Å². The molecule has 0 saturated heterocycles. The van der Waals surface area contributed by atoms with E-state index >= 15 is 0 Å². The van der Waals surface area contributed by atoms with Gasteiger partial charge in [0.05, 0.1) is 17.3 Å². The van der Waals surface area contributed by atoms with E-state index < -0.39 is 17.8 Å². The summed E-state index contributed by atoms with van der Waals surface area (Å²) in [4.78, 5) is 16.2. The molecular weight excluding hydrogens is 395 g/mol. The van der Waals surface area contributed by atoms with Gasteiger partial charge in [0.2, 0.25) is 5.95 Å². The van der Waals surface area contributed by atoms with Gasteiger partial charge in [-0.1, -0.05) is 18.2 Å². The Morgan fingerprint density at radius 3 is 2.13 bits per heavy atom. The monoisotopic (exact) mass is 411 g/mol. The Labute approximate surface area is 169 Å². The second-order valence-electron chi connectivity index (χ2n) is 6.53. The lowest BCUT2D eigenvalue weighted by molar-refractivity contribution is -0.137. The molecule has 6 nitrogen and oxygen atoms in total. The van der Waals surface area contributed by atoms with Gasteiger partial charge in [-0.3, -0.25) is 4.40 Å². The van der Waals surface area contributed by atoms with Crippen LogP contribution < -0.4 is 16.4 Å². The average molecular weight is 411 g/mol. The molecule has 2 amide bonds. The van der Waals surface area contributed by atoms with E-state index in [-0.39, 0.29) is 5.69 Å². The third kappa shape index (κ3) is 3.90. The average Bonchev–Trinajstić information content (AvgIpc) is 3.09. The van der Waals surface area contributed by atoms with Gasteiger partial charge < -0.3 is 16.4 Å². The molecule has 0 fully saturated rings. The first kappa shape index (κ1) is 19.3. The predicted molar refractivity (Wildman–Crippen MR) is 109 cm³/mol. The van der Waals surface area contributed by atoms with E-state index in [1.165, 1.54) is 12.1 Å². The van der Waals surface area contributed by atoms with Gasteiger partial charge in [0.1, 0.15) is 0 Å². The summed E-state index contributed by atoms with van der Waals surface area (Å²) in [6.45, 7) is 0. The van der Waals surface area contributed by atoms with Gasteiger partial charge >= 0.3 is 12.2 Å². The number of benzene rings is 2. The van der Waals surface area contributed by atoms with E-state index in [0.29, 0.717) is 11.6 Å². The van der Waals surface area contributed by atoms with Crippen molar-refractivity contribution >= 4 is 28.9 Å². The Morgan fingerprint density at radius 2 is 1.53 bits per heavy atom. The van der Waals surface area contributed by atoms with Crippen LogP contribution in [-0.2, 0) is 6.18 Å². The molecular formula is C21H16F3N5O. The van der Waals surface area contributed by atoms with E-state index in [4.69, 9.17) is 5.73 Å². The predicted octanol–water partition coefficient (Wildman–Crippen LogP) is 5.25. The summed E-state index contributed by atoms with van der Waals surface area (Å²) in [5.74, 6) is 0.394. The largest absolute Gasteiger partial charge is 0.416 e. The summed E-state index contributed by atoms with van der Waals surface area (Å²) in [5.41, 5.74) is 8.54. The van der Waals surface area contributed by atoms with Crippen LogP contribution >= 0.6 is 0 Å². The number of rotatable bonds is 3. The fraction of sp³-hybridized carbons (Fsp3) is 0.0476. The molecule has 0 saturated carbocycles. The Hall–Kier alpha value is -4.01. The van der Waals surface area contributed by atoms with Crippen LogP contribution in [0.2, 0.25) is 0 Å². The quantitative estimate of drug-likeness (QED) is 0.431. The van der Waals surface area contributed by atoms with Gasteiger partial charge in [-0.15, -0.1) is 0 Å². The highest BCUT2D eigenvalue weighted by Gasteiger charge is 2.29. The number of nitrogens with two attached hydrogens (primary N) is 1. The van der Waals surface area contributed by atoms with Gasteiger partial charge in [-0.2, -0.15) is 13.2 Å². The molecule has 0 spiro atoms. The molecule has 2 aromatic heterocycles. The van der Waals surface area contributed by atoms with Crippen LogP contribution in [0.3, 0.4) is 0 Å². The summed E-state index contributed by atoms with van der Waals surface area (Å²) < 4.78 is 39.6. The van der Waals surface area contributed by atoms with Crippen LogP contribution in [0.15, 0.2) is 73.1 Å². The van der Waals surface area contributed by atoms with Crippen molar-refractivity contribution in [2.24, 2.45) is 0 Å². The highest BCUT2D eigenvalue weighted by Crippen LogP contribution is 2.30. The number of fused-ring (bicyclic) bond motifs is 1. The number of amides is 2. The topological polar surface area (TPSA) is 84.4 Å². The Balaban J connectivity index is 1.45. The SMILES string of the molecule is Nc1ncc2c(-c3ccc(NC(=O)Nc4ccc(C(F)(F)F)cc4)cc3)cccn12. The van der Waals surface area contributed by atoms with E-state index in [1.807, 2.05) is 30.5 Å². The van der Waals surface area contributed by atoms with E-state index in [2.05, 4.69) is 15.6 Å². The highest BCUT2D eigenvalue weighted by molar-refractivity contribution is 6.00. The van der Waals surface area contributed by atoms with Crippen LogP contribution in [0.1, 0.15) is 5.56 Å². The van der Waals surface area contributed by atoms with E-state index in [0.717, 1.165) is 28.8 Å². The molecule has 9 heteroatoms. The zero-order valence-corrected chi connectivity index (χ0v) is 15.4. The lowest BCUT2D eigenvalue weighted by Gasteiger charge is -2.10. The Kier molecular flexibility index (Phi) is 4.78. The Morgan fingerprint density at radius 1 is 0.933 bits per heavy atom. The van der Waals surface area contributed by atoms with Crippen LogP contribution in [0.5, 0.6) is 0 Å². The number of hydrogen-bond donors (Lipinski definition) is 3. The van der Waals surface area contributed by atoms with Crippen molar-refractivity contribution in [3.63, 3.8) is 0 Å². The molecule has 4 aromatic rings. The summed E-state index contributed by atoms with van der Waals surface area (Å²) in [6.07, 6.45) is -0.910. The maximum Gasteiger partial charge on any atom is 0.416 e. The number of nitrogens with zero attached hydrogens (tertiary/aromatic N) is 2. The van der Waals surface area contributed by atoms with Crippen molar-refractivity contribution in [2.75, 3.05) is 16.4 Å². The lowest BCUT2D eigenvalue weighted by atomic mass is 10.1. The molecule has 0 bridgehead atoms. The van der Waals surface area contributed by atoms with Crippen LogP contribution in [0, 0.1) is 0 Å². The molecule has 30 heavy (non-hydrogen) atoms. The summed E-state index contributed by atoms with van der Waals surface area (Å²) in [7, 11) is 0. The molecule has 0 atom stereocenters. The normalized spacial score (nSPS) is 11.4. The van der Waals surface area contributed by atoms with Gasteiger partial charge in [-0.05, 0) is 48.0 Å². The van der Waals surface area contributed by atoms with Gasteiger partial charge in [-0.25, -0.2) is 9.78 Å². The summed E-state index contributed by atoms with van der Waals surface area (Å²) in [6, 6.07) is 14.6. The van der Waals surface area contributed by atoms with Crippen molar-refractivity contribution in [3.8, 4) is 11.1 Å². The van der Waals surface area contributed by atoms with Crippen LogP contribution in [0.4, 0.5) is 35.3 Å². The van der Waals surface area contributed by atoms with E-state index in [1.54, 1.807) is 22.7 Å². The van der Waals surface area contributed by atoms with Gasteiger partial charge in [0.25, 0.3) is 0 Å². The minimum Gasteiger partial charge on any atom is -0.369 e. The second kappa shape index (κ2) is 7.43. The molecule has 0 aliphatic carbocycles. The number of aromatic nitrogens is 2. The molecule has 0 aliphatic heterocycles. The first-order valence-electron chi connectivity index (χ1n) is 8.88. The fourth-order valence-corrected chi connectivity index (χ4v) is 3.05. The third-order valence-electron chi connectivity index (χ3n) is 4.52.